The normalized spacial score (nSPS) is 15.9. The Morgan fingerprint density at radius 3 is 2.10 bits per heavy atom. The third-order valence-corrected chi connectivity index (χ3v) is 3.72. The lowest BCUT2D eigenvalue weighted by Gasteiger charge is -2.26. The first-order chi connectivity index (χ1) is 9.56. The van der Waals surface area contributed by atoms with Crippen LogP contribution in [0.1, 0.15) is 47.9 Å². The van der Waals surface area contributed by atoms with Crippen LogP contribution < -0.4 is 5.32 Å². The lowest BCUT2D eigenvalue weighted by atomic mass is 10.0. The SMILES string of the molecule is CCCNC(CN1C(=O)c2ccccc2C1=O)C(C)C. The summed E-state index contributed by atoms with van der Waals surface area (Å²) in [7, 11) is 0. The minimum atomic E-state index is -0.172. The summed E-state index contributed by atoms with van der Waals surface area (Å²) in [6.07, 6.45) is 1.03. The van der Waals surface area contributed by atoms with Gasteiger partial charge in [0.25, 0.3) is 11.8 Å². The van der Waals surface area contributed by atoms with Crippen LogP contribution in [-0.4, -0.2) is 35.8 Å². The summed E-state index contributed by atoms with van der Waals surface area (Å²) in [5, 5.41) is 3.42. The number of fused-ring (bicyclic) bond motifs is 1. The molecule has 2 rings (SSSR count). The fourth-order valence-corrected chi connectivity index (χ4v) is 2.44. The molecule has 0 saturated carbocycles. The Hall–Kier alpha value is -1.68. The molecule has 108 valence electrons. The van der Waals surface area contributed by atoms with E-state index in [0.717, 1.165) is 13.0 Å². The Labute approximate surface area is 120 Å². The topological polar surface area (TPSA) is 49.4 Å². The number of imide groups is 1. The van der Waals surface area contributed by atoms with E-state index in [-0.39, 0.29) is 17.9 Å². The van der Waals surface area contributed by atoms with Crippen LogP contribution >= 0.6 is 0 Å². The molecule has 20 heavy (non-hydrogen) atoms. The van der Waals surface area contributed by atoms with Crippen molar-refractivity contribution in [1.29, 1.82) is 0 Å². The van der Waals surface area contributed by atoms with Gasteiger partial charge in [-0.25, -0.2) is 0 Å². The number of nitrogens with zero attached hydrogens (tertiary/aromatic N) is 1. The van der Waals surface area contributed by atoms with Gasteiger partial charge in [-0.1, -0.05) is 32.9 Å². The fraction of sp³-hybridized carbons (Fsp3) is 0.500. The molecule has 4 heteroatoms. The molecular formula is C16H22N2O2. The van der Waals surface area contributed by atoms with Gasteiger partial charge < -0.3 is 5.32 Å². The monoisotopic (exact) mass is 274 g/mol. The summed E-state index contributed by atoms with van der Waals surface area (Å²) in [4.78, 5) is 26.0. The summed E-state index contributed by atoms with van der Waals surface area (Å²) in [5.74, 6) is 0.0231. The predicted octanol–water partition coefficient (Wildman–Crippen LogP) is 2.31. The van der Waals surface area contributed by atoms with E-state index < -0.39 is 0 Å². The van der Waals surface area contributed by atoms with Gasteiger partial charge >= 0.3 is 0 Å². The molecule has 0 bridgehead atoms. The maximum Gasteiger partial charge on any atom is 0.261 e. The van der Waals surface area contributed by atoms with Gasteiger partial charge in [0, 0.05) is 12.6 Å². The fourth-order valence-electron chi connectivity index (χ4n) is 2.44. The zero-order chi connectivity index (χ0) is 14.7. The predicted molar refractivity (Wildman–Crippen MR) is 78.7 cm³/mol. The number of hydrogen-bond acceptors (Lipinski definition) is 3. The average molecular weight is 274 g/mol. The van der Waals surface area contributed by atoms with E-state index in [2.05, 4.69) is 26.1 Å². The number of benzene rings is 1. The zero-order valence-corrected chi connectivity index (χ0v) is 12.3. The highest BCUT2D eigenvalue weighted by atomic mass is 16.2. The van der Waals surface area contributed by atoms with E-state index in [9.17, 15) is 9.59 Å². The van der Waals surface area contributed by atoms with Crippen molar-refractivity contribution in [3.63, 3.8) is 0 Å². The van der Waals surface area contributed by atoms with E-state index in [1.807, 2.05) is 0 Å². The van der Waals surface area contributed by atoms with E-state index in [0.29, 0.717) is 23.6 Å². The van der Waals surface area contributed by atoms with E-state index in [1.54, 1.807) is 24.3 Å². The molecule has 1 atom stereocenters. The summed E-state index contributed by atoms with van der Waals surface area (Å²) in [6, 6.07) is 7.17. The Morgan fingerprint density at radius 2 is 1.65 bits per heavy atom. The first-order valence-electron chi connectivity index (χ1n) is 7.24. The summed E-state index contributed by atoms with van der Waals surface area (Å²) in [6.45, 7) is 7.64. The largest absolute Gasteiger partial charge is 0.312 e. The van der Waals surface area contributed by atoms with Gasteiger partial charge in [0.1, 0.15) is 0 Å². The van der Waals surface area contributed by atoms with Crippen LogP contribution in [0.5, 0.6) is 0 Å². The van der Waals surface area contributed by atoms with Crippen LogP contribution in [-0.2, 0) is 0 Å². The van der Waals surface area contributed by atoms with Crippen molar-refractivity contribution >= 4 is 11.8 Å². The average Bonchev–Trinajstić information content (AvgIpc) is 2.68. The number of hydrogen-bond donors (Lipinski definition) is 1. The van der Waals surface area contributed by atoms with Gasteiger partial charge in [0.15, 0.2) is 0 Å². The van der Waals surface area contributed by atoms with Crippen LogP contribution in [0.3, 0.4) is 0 Å². The molecule has 2 amide bonds. The van der Waals surface area contributed by atoms with Gasteiger partial charge in [-0.3, -0.25) is 14.5 Å². The molecule has 0 aliphatic carbocycles. The molecule has 1 N–H and O–H groups in total. The molecule has 0 aromatic heterocycles. The molecule has 1 aromatic carbocycles. The highest BCUT2D eigenvalue weighted by Gasteiger charge is 2.36. The minimum absolute atomic E-state index is 0.136. The van der Waals surface area contributed by atoms with Gasteiger partial charge in [-0.15, -0.1) is 0 Å². The van der Waals surface area contributed by atoms with Gasteiger partial charge in [0.2, 0.25) is 0 Å². The zero-order valence-electron chi connectivity index (χ0n) is 12.3. The van der Waals surface area contributed by atoms with Crippen LogP contribution in [0.2, 0.25) is 0 Å². The third kappa shape index (κ3) is 2.75. The van der Waals surface area contributed by atoms with E-state index in [4.69, 9.17) is 0 Å². The quantitative estimate of drug-likeness (QED) is 0.810. The van der Waals surface area contributed by atoms with Crippen LogP contribution in [0.25, 0.3) is 0 Å². The molecule has 0 spiro atoms. The van der Waals surface area contributed by atoms with Crippen LogP contribution in [0, 0.1) is 5.92 Å². The van der Waals surface area contributed by atoms with Crippen molar-refractivity contribution in [3.05, 3.63) is 35.4 Å². The molecule has 4 nitrogen and oxygen atoms in total. The lowest BCUT2D eigenvalue weighted by Crippen LogP contribution is -2.46. The van der Waals surface area contributed by atoms with Gasteiger partial charge in [0.05, 0.1) is 11.1 Å². The van der Waals surface area contributed by atoms with Gasteiger partial charge in [-0.2, -0.15) is 0 Å². The maximum atomic E-state index is 12.3. The maximum absolute atomic E-state index is 12.3. The number of carbonyl (C=O) groups excluding carboxylic acids is 2. The van der Waals surface area contributed by atoms with Crippen molar-refractivity contribution in [2.45, 2.75) is 33.2 Å². The van der Waals surface area contributed by atoms with Crippen molar-refractivity contribution in [1.82, 2.24) is 10.2 Å². The number of nitrogens with one attached hydrogen (secondary N) is 1. The molecule has 0 saturated heterocycles. The molecule has 1 heterocycles. The Balaban J connectivity index is 2.14. The van der Waals surface area contributed by atoms with Crippen molar-refractivity contribution in [3.8, 4) is 0 Å². The molecule has 1 aromatic rings. The summed E-state index contributed by atoms with van der Waals surface area (Å²) < 4.78 is 0. The smallest absolute Gasteiger partial charge is 0.261 e. The lowest BCUT2D eigenvalue weighted by molar-refractivity contribution is 0.0629. The van der Waals surface area contributed by atoms with Crippen molar-refractivity contribution in [2.24, 2.45) is 5.92 Å². The first kappa shape index (κ1) is 14.7. The Kier molecular flexibility index (Phi) is 4.55. The second kappa shape index (κ2) is 6.18. The Morgan fingerprint density at radius 1 is 1.10 bits per heavy atom. The molecule has 1 aliphatic heterocycles. The highest BCUT2D eigenvalue weighted by Crippen LogP contribution is 2.23. The van der Waals surface area contributed by atoms with Crippen LogP contribution in [0.15, 0.2) is 24.3 Å². The van der Waals surface area contributed by atoms with Crippen molar-refractivity contribution in [2.75, 3.05) is 13.1 Å². The molecule has 0 radical (unpaired) electrons. The molecule has 0 fully saturated rings. The number of carbonyl (C=O) groups is 2. The molecule has 1 unspecified atom stereocenters. The standard InChI is InChI=1S/C16H22N2O2/c1-4-9-17-14(11(2)3)10-18-15(19)12-7-5-6-8-13(12)16(18)20/h5-8,11,14,17H,4,9-10H2,1-3H3. The van der Waals surface area contributed by atoms with Gasteiger partial charge in [-0.05, 0) is 31.0 Å². The van der Waals surface area contributed by atoms with E-state index >= 15 is 0 Å². The number of amides is 2. The van der Waals surface area contributed by atoms with Crippen LogP contribution in [0.4, 0.5) is 0 Å². The second-order valence-electron chi connectivity index (χ2n) is 5.57. The summed E-state index contributed by atoms with van der Waals surface area (Å²) in [5.41, 5.74) is 1.05. The molecular weight excluding hydrogens is 252 g/mol. The third-order valence-electron chi connectivity index (χ3n) is 3.72. The first-order valence-corrected chi connectivity index (χ1v) is 7.24. The van der Waals surface area contributed by atoms with Crippen molar-refractivity contribution < 1.29 is 9.59 Å². The number of rotatable bonds is 6. The Bertz CT molecular complexity index is 476. The summed E-state index contributed by atoms with van der Waals surface area (Å²) >= 11 is 0. The molecule has 1 aliphatic rings. The minimum Gasteiger partial charge on any atom is -0.312 e. The van der Waals surface area contributed by atoms with E-state index in [1.165, 1.54) is 4.90 Å². The second-order valence-corrected chi connectivity index (χ2v) is 5.57. The highest BCUT2D eigenvalue weighted by molar-refractivity contribution is 6.21.